The topological polar surface area (TPSA) is 41.6 Å². The fourth-order valence-electron chi connectivity index (χ4n) is 3.19. The van der Waals surface area contributed by atoms with Crippen molar-refractivity contribution in [2.24, 2.45) is 0 Å². The van der Waals surface area contributed by atoms with E-state index in [1.54, 1.807) is 0 Å². The number of carbonyl (C=O) groups excluding carboxylic acids is 1. The molecular formula is C14H22F2N2O2. The molecule has 0 bridgehead atoms. The lowest BCUT2D eigenvalue weighted by atomic mass is 10.0. The second kappa shape index (κ2) is 5.56. The van der Waals surface area contributed by atoms with Crippen molar-refractivity contribution in [3.8, 4) is 0 Å². The van der Waals surface area contributed by atoms with Gasteiger partial charge in [-0.25, -0.2) is 4.79 Å². The first-order valence-corrected chi connectivity index (χ1v) is 7.61. The zero-order valence-corrected chi connectivity index (χ0v) is 11.6. The highest BCUT2D eigenvalue weighted by Crippen LogP contribution is 2.34. The lowest BCUT2D eigenvalue weighted by Crippen LogP contribution is -2.46. The van der Waals surface area contributed by atoms with Gasteiger partial charge in [-0.2, -0.15) is 8.78 Å². The van der Waals surface area contributed by atoms with Gasteiger partial charge in [0.05, 0.1) is 6.42 Å². The largest absolute Gasteiger partial charge is 0.456 e. The quantitative estimate of drug-likeness (QED) is 0.779. The minimum absolute atomic E-state index is 0.446. The van der Waals surface area contributed by atoms with Crippen molar-refractivity contribution in [2.75, 3.05) is 19.6 Å². The zero-order valence-electron chi connectivity index (χ0n) is 11.6. The van der Waals surface area contributed by atoms with Crippen LogP contribution in [0.4, 0.5) is 8.78 Å². The average molecular weight is 288 g/mol. The maximum Gasteiger partial charge on any atom is 0.377 e. The Bertz CT molecular complexity index is 368. The molecule has 3 fully saturated rings. The molecule has 3 aliphatic rings. The molecule has 0 spiro atoms. The monoisotopic (exact) mass is 288 g/mol. The van der Waals surface area contributed by atoms with Crippen LogP contribution in [0.2, 0.25) is 0 Å². The Labute approximate surface area is 117 Å². The summed E-state index contributed by atoms with van der Waals surface area (Å²) in [5, 5.41) is 3.48. The summed E-state index contributed by atoms with van der Waals surface area (Å²) < 4.78 is 31.2. The molecule has 0 aromatic rings. The van der Waals surface area contributed by atoms with Gasteiger partial charge in [0.25, 0.3) is 0 Å². The van der Waals surface area contributed by atoms with Gasteiger partial charge in [0.15, 0.2) is 0 Å². The smallest absolute Gasteiger partial charge is 0.377 e. The van der Waals surface area contributed by atoms with E-state index in [1.807, 2.05) is 0 Å². The van der Waals surface area contributed by atoms with Crippen molar-refractivity contribution in [1.82, 2.24) is 10.2 Å². The highest BCUT2D eigenvalue weighted by atomic mass is 19.3. The van der Waals surface area contributed by atoms with Crippen molar-refractivity contribution in [3.63, 3.8) is 0 Å². The van der Waals surface area contributed by atoms with E-state index in [1.165, 1.54) is 12.8 Å². The van der Waals surface area contributed by atoms with Gasteiger partial charge in [0, 0.05) is 25.2 Å². The number of rotatable bonds is 5. The van der Waals surface area contributed by atoms with Crippen LogP contribution in [0.15, 0.2) is 0 Å². The molecular weight excluding hydrogens is 266 g/mol. The summed E-state index contributed by atoms with van der Waals surface area (Å²) in [6, 6.07) is 0.939. The number of esters is 1. The molecule has 2 aliphatic heterocycles. The van der Waals surface area contributed by atoms with Crippen LogP contribution in [0.3, 0.4) is 0 Å². The van der Waals surface area contributed by atoms with Gasteiger partial charge in [-0.05, 0) is 32.2 Å². The van der Waals surface area contributed by atoms with Crippen LogP contribution < -0.4 is 5.32 Å². The number of alkyl halides is 2. The Morgan fingerprint density at radius 1 is 1.25 bits per heavy atom. The Kier molecular flexibility index (Phi) is 3.95. The first-order valence-electron chi connectivity index (χ1n) is 7.61. The van der Waals surface area contributed by atoms with Gasteiger partial charge in [-0.1, -0.05) is 6.42 Å². The van der Waals surface area contributed by atoms with Gasteiger partial charge in [-0.15, -0.1) is 0 Å². The maximum absolute atomic E-state index is 13.2. The number of nitrogens with one attached hydrogen (secondary N) is 1. The molecule has 2 atom stereocenters. The Morgan fingerprint density at radius 2 is 2.05 bits per heavy atom. The zero-order chi connectivity index (χ0) is 14.2. The van der Waals surface area contributed by atoms with Crippen LogP contribution >= 0.6 is 0 Å². The molecule has 2 heterocycles. The molecule has 6 heteroatoms. The summed E-state index contributed by atoms with van der Waals surface area (Å²) in [7, 11) is 0. The van der Waals surface area contributed by atoms with E-state index < -0.39 is 24.4 Å². The third-order valence-corrected chi connectivity index (χ3v) is 4.43. The molecule has 0 aromatic heterocycles. The van der Waals surface area contributed by atoms with Crippen molar-refractivity contribution < 1.29 is 18.3 Å². The lowest BCUT2D eigenvalue weighted by molar-refractivity contribution is -0.159. The van der Waals surface area contributed by atoms with Crippen LogP contribution in [0.25, 0.3) is 0 Å². The summed E-state index contributed by atoms with van der Waals surface area (Å²) in [5.74, 6) is -4.64. The van der Waals surface area contributed by atoms with Gasteiger partial charge < -0.3 is 10.1 Å². The van der Waals surface area contributed by atoms with Gasteiger partial charge in [0.1, 0.15) is 6.10 Å². The van der Waals surface area contributed by atoms with Crippen LogP contribution in [0.5, 0.6) is 0 Å². The third-order valence-electron chi connectivity index (χ3n) is 4.43. The van der Waals surface area contributed by atoms with Crippen molar-refractivity contribution in [2.45, 2.75) is 62.6 Å². The second-order valence-corrected chi connectivity index (χ2v) is 6.27. The molecule has 2 unspecified atom stereocenters. The van der Waals surface area contributed by atoms with Crippen molar-refractivity contribution >= 4 is 5.97 Å². The Hall–Kier alpha value is -0.750. The number of cyclic esters (lactones) is 1. The molecule has 4 nitrogen and oxygen atoms in total. The molecule has 1 aliphatic carbocycles. The van der Waals surface area contributed by atoms with E-state index in [2.05, 4.69) is 10.2 Å². The standard InChI is InChI=1S/C14H22F2N2O2/c15-14(16)7-12(20-13(14)19)9-18(11-4-5-11)8-10-3-1-2-6-17-10/h10-12,17H,1-9H2. The van der Waals surface area contributed by atoms with Crippen molar-refractivity contribution in [3.05, 3.63) is 0 Å². The van der Waals surface area contributed by atoms with E-state index in [9.17, 15) is 13.6 Å². The summed E-state index contributed by atoms with van der Waals surface area (Å²) in [4.78, 5) is 13.3. The maximum atomic E-state index is 13.2. The number of halogens is 2. The molecule has 1 saturated carbocycles. The molecule has 0 aromatic carbocycles. The highest BCUT2D eigenvalue weighted by Gasteiger charge is 2.51. The second-order valence-electron chi connectivity index (χ2n) is 6.27. The molecule has 3 rings (SSSR count). The molecule has 0 radical (unpaired) electrons. The fourth-order valence-corrected chi connectivity index (χ4v) is 3.19. The highest BCUT2D eigenvalue weighted by molar-refractivity contribution is 5.79. The number of piperidine rings is 1. The third kappa shape index (κ3) is 3.28. The van der Waals surface area contributed by atoms with E-state index >= 15 is 0 Å². The van der Waals surface area contributed by atoms with Crippen molar-refractivity contribution in [1.29, 1.82) is 0 Å². The predicted molar refractivity (Wildman–Crippen MR) is 69.7 cm³/mol. The molecule has 2 saturated heterocycles. The average Bonchev–Trinajstić information content (AvgIpc) is 3.19. The Morgan fingerprint density at radius 3 is 2.60 bits per heavy atom. The van der Waals surface area contributed by atoms with Crippen LogP contribution in [0, 0.1) is 0 Å². The first-order chi connectivity index (χ1) is 9.54. The predicted octanol–water partition coefficient (Wildman–Crippen LogP) is 1.54. The normalized spacial score (nSPS) is 33.5. The van der Waals surface area contributed by atoms with Gasteiger partial charge in [0.2, 0.25) is 0 Å². The van der Waals surface area contributed by atoms with Crippen LogP contribution in [-0.2, 0) is 9.53 Å². The first kappa shape index (κ1) is 14.2. The number of hydrogen-bond donors (Lipinski definition) is 1. The summed E-state index contributed by atoms with van der Waals surface area (Å²) in [6.45, 7) is 2.37. The van der Waals surface area contributed by atoms with Gasteiger partial charge in [-0.3, -0.25) is 4.90 Å². The van der Waals surface area contributed by atoms with E-state index in [0.717, 1.165) is 32.4 Å². The fraction of sp³-hybridized carbons (Fsp3) is 0.929. The molecule has 114 valence electrons. The molecule has 20 heavy (non-hydrogen) atoms. The number of nitrogens with zero attached hydrogens (tertiary/aromatic N) is 1. The lowest BCUT2D eigenvalue weighted by Gasteiger charge is -2.31. The van der Waals surface area contributed by atoms with E-state index in [4.69, 9.17) is 4.74 Å². The number of carbonyl (C=O) groups is 1. The van der Waals surface area contributed by atoms with Gasteiger partial charge >= 0.3 is 11.9 Å². The van der Waals surface area contributed by atoms with E-state index in [0.29, 0.717) is 18.6 Å². The van der Waals surface area contributed by atoms with E-state index in [-0.39, 0.29) is 0 Å². The minimum atomic E-state index is -3.29. The molecule has 1 N–H and O–H groups in total. The number of ether oxygens (including phenoxy) is 1. The Balaban J connectivity index is 1.54. The summed E-state index contributed by atoms with van der Waals surface area (Å²) >= 11 is 0. The minimum Gasteiger partial charge on any atom is -0.456 e. The van der Waals surface area contributed by atoms with Crippen LogP contribution in [-0.4, -0.2) is 54.6 Å². The number of hydrogen-bond acceptors (Lipinski definition) is 4. The SMILES string of the molecule is O=C1OC(CN(CC2CCCCN2)C2CC2)CC1(F)F. The summed E-state index contributed by atoms with van der Waals surface area (Å²) in [5.41, 5.74) is 0. The molecule has 0 amide bonds. The van der Waals surface area contributed by atoms with Crippen LogP contribution in [0.1, 0.15) is 38.5 Å². The summed E-state index contributed by atoms with van der Waals surface area (Å²) in [6.07, 6.45) is 4.73.